The lowest BCUT2D eigenvalue weighted by atomic mass is 9.97. The lowest BCUT2D eigenvalue weighted by molar-refractivity contribution is -0.163. The molecule has 4 nitrogen and oxygen atoms in total. The highest BCUT2D eigenvalue weighted by atomic mass is 32.1. The quantitative estimate of drug-likeness (QED) is 0.757. The van der Waals surface area contributed by atoms with Crippen molar-refractivity contribution < 1.29 is 14.6 Å². The molecule has 1 heterocycles. The van der Waals surface area contributed by atoms with E-state index in [1.165, 1.54) is 18.4 Å². The third kappa shape index (κ3) is 1.62. The van der Waals surface area contributed by atoms with Crippen molar-refractivity contribution in [3.8, 4) is 12.3 Å². The van der Waals surface area contributed by atoms with Crippen LogP contribution in [0, 0.1) is 12.3 Å². The second-order valence-electron chi connectivity index (χ2n) is 2.59. The van der Waals surface area contributed by atoms with Crippen LogP contribution in [0.4, 0.5) is 0 Å². The minimum absolute atomic E-state index is 0.0391. The van der Waals surface area contributed by atoms with Gasteiger partial charge in [-0.15, -0.1) is 23.7 Å². The molecule has 1 N–H and O–H groups in total. The molecule has 0 amide bonds. The maximum atomic E-state index is 11.1. The van der Waals surface area contributed by atoms with Crippen LogP contribution in [0.5, 0.6) is 0 Å². The Morgan fingerprint density at radius 1 is 1.93 bits per heavy atom. The van der Waals surface area contributed by atoms with E-state index in [1.54, 1.807) is 10.9 Å². The SMILES string of the molecule is C#CCC(OC)(C(=O)O)c1cscn1. The average Bonchev–Trinajstić information content (AvgIpc) is 2.66. The third-order valence-corrected chi connectivity index (χ3v) is 2.48. The zero-order chi connectivity index (χ0) is 10.6. The fourth-order valence-corrected chi connectivity index (χ4v) is 1.71. The van der Waals surface area contributed by atoms with Gasteiger partial charge in [0.05, 0.1) is 17.6 Å². The summed E-state index contributed by atoms with van der Waals surface area (Å²) in [5, 5.41) is 10.7. The number of aliphatic carboxylic acids is 1. The molecule has 0 aliphatic heterocycles. The molecule has 0 aliphatic rings. The van der Waals surface area contributed by atoms with Crippen molar-refractivity contribution in [1.82, 2.24) is 4.98 Å². The van der Waals surface area contributed by atoms with Gasteiger partial charge in [0.25, 0.3) is 0 Å². The van der Waals surface area contributed by atoms with Gasteiger partial charge in [0, 0.05) is 12.5 Å². The van der Waals surface area contributed by atoms with Crippen molar-refractivity contribution in [1.29, 1.82) is 0 Å². The summed E-state index contributed by atoms with van der Waals surface area (Å²) in [5.74, 6) is 1.17. The van der Waals surface area contributed by atoms with Gasteiger partial charge < -0.3 is 9.84 Å². The van der Waals surface area contributed by atoms with Crippen LogP contribution < -0.4 is 0 Å². The minimum Gasteiger partial charge on any atom is -0.479 e. The Morgan fingerprint density at radius 3 is 3.00 bits per heavy atom. The number of terminal acetylenes is 1. The predicted molar refractivity (Wildman–Crippen MR) is 51.9 cm³/mol. The predicted octanol–water partition coefficient (Wildman–Crippen LogP) is 1.09. The Bertz CT molecular complexity index is 355. The highest BCUT2D eigenvalue weighted by molar-refractivity contribution is 7.07. The van der Waals surface area contributed by atoms with Crippen LogP contribution in [-0.2, 0) is 15.1 Å². The number of aromatic nitrogens is 1. The number of methoxy groups -OCH3 is 1. The molecule has 0 aromatic carbocycles. The van der Waals surface area contributed by atoms with Gasteiger partial charge in [-0.1, -0.05) is 0 Å². The van der Waals surface area contributed by atoms with Crippen LogP contribution in [0.25, 0.3) is 0 Å². The Labute approximate surface area is 85.5 Å². The number of carbonyl (C=O) groups is 1. The topological polar surface area (TPSA) is 59.4 Å². The van der Waals surface area contributed by atoms with E-state index in [4.69, 9.17) is 16.3 Å². The Balaban J connectivity index is 3.16. The van der Waals surface area contributed by atoms with E-state index >= 15 is 0 Å². The molecule has 0 radical (unpaired) electrons. The summed E-state index contributed by atoms with van der Waals surface area (Å²) < 4.78 is 4.99. The summed E-state index contributed by atoms with van der Waals surface area (Å²) >= 11 is 1.30. The van der Waals surface area contributed by atoms with Crippen molar-refractivity contribution in [2.75, 3.05) is 7.11 Å². The number of hydrogen-bond acceptors (Lipinski definition) is 4. The van der Waals surface area contributed by atoms with Gasteiger partial charge in [-0.05, 0) is 0 Å². The van der Waals surface area contributed by atoms with Crippen molar-refractivity contribution in [2.45, 2.75) is 12.0 Å². The molecule has 0 saturated heterocycles. The number of rotatable bonds is 4. The Hall–Kier alpha value is -1.38. The smallest absolute Gasteiger partial charge is 0.343 e. The molecule has 0 spiro atoms. The molecule has 0 fully saturated rings. The zero-order valence-electron chi connectivity index (χ0n) is 7.56. The Kier molecular flexibility index (Phi) is 3.23. The molecule has 0 aliphatic carbocycles. The number of nitrogens with zero attached hydrogens (tertiary/aromatic N) is 1. The molecule has 74 valence electrons. The standard InChI is InChI=1S/C9H9NO3S/c1-3-4-9(13-2,8(11)12)7-5-14-6-10-7/h1,5-6H,4H2,2H3,(H,11,12). The lowest BCUT2D eigenvalue weighted by Gasteiger charge is -2.23. The van der Waals surface area contributed by atoms with Crippen LogP contribution in [0.15, 0.2) is 10.9 Å². The number of carboxylic acids is 1. The lowest BCUT2D eigenvalue weighted by Crippen LogP contribution is -2.37. The Morgan fingerprint density at radius 2 is 2.64 bits per heavy atom. The molecule has 1 rings (SSSR count). The summed E-state index contributed by atoms with van der Waals surface area (Å²) in [5.41, 5.74) is 0.382. The molecule has 5 heteroatoms. The first kappa shape index (κ1) is 10.7. The van der Waals surface area contributed by atoms with E-state index in [2.05, 4.69) is 10.9 Å². The van der Waals surface area contributed by atoms with E-state index in [1.807, 2.05) is 0 Å². The van der Waals surface area contributed by atoms with Crippen LogP contribution in [0.2, 0.25) is 0 Å². The van der Waals surface area contributed by atoms with E-state index in [9.17, 15) is 4.79 Å². The molecular formula is C9H9NO3S. The van der Waals surface area contributed by atoms with E-state index < -0.39 is 11.6 Å². The molecule has 14 heavy (non-hydrogen) atoms. The molecule has 0 saturated carbocycles. The second-order valence-corrected chi connectivity index (χ2v) is 3.31. The van der Waals surface area contributed by atoms with Gasteiger partial charge in [-0.3, -0.25) is 0 Å². The minimum atomic E-state index is -1.51. The third-order valence-electron chi connectivity index (χ3n) is 1.89. The van der Waals surface area contributed by atoms with Crippen molar-refractivity contribution in [3.63, 3.8) is 0 Å². The van der Waals surface area contributed by atoms with Gasteiger partial charge in [-0.2, -0.15) is 0 Å². The molecular weight excluding hydrogens is 202 g/mol. The molecule has 1 atom stereocenters. The van der Waals surface area contributed by atoms with Crippen molar-refractivity contribution in [3.05, 3.63) is 16.6 Å². The number of carboxylic acid groups (broad SMARTS) is 1. The van der Waals surface area contributed by atoms with Crippen molar-refractivity contribution in [2.24, 2.45) is 0 Å². The summed E-state index contributed by atoms with van der Waals surface area (Å²) in [6.45, 7) is 0. The van der Waals surface area contributed by atoms with Gasteiger partial charge in [-0.25, -0.2) is 9.78 Å². The zero-order valence-corrected chi connectivity index (χ0v) is 8.37. The van der Waals surface area contributed by atoms with Crippen LogP contribution >= 0.6 is 11.3 Å². The summed E-state index contributed by atoms with van der Waals surface area (Å²) in [6.07, 6.45) is 5.08. The van der Waals surface area contributed by atoms with Crippen LogP contribution in [0.3, 0.4) is 0 Å². The van der Waals surface area contributed by atoms with E-state index in [-0.39, 0.29) is 6.42 Å². The van der Waals surface area contributed by atoms with Crippen LogP contribution in [-0.4, -0.2) is 23.2 Å². The maximum Gasteiger partial charge on any atom is 0.343 e. The number of ether oxygens (including phenoxy) is 1. The van der Waals surface area contributed by atoms with E-state index in [0.29, 0.717) is 5.69 Å². The highest BCUT2D eigenvalue weighted by Gasteiger charge is 2.41. The molecule has 1 aromatic heterocycles. The number of hydrogen-bond donors (Lipinski definition) is 1. The average molecular weight is 211 g/mol. The fraction of sp³-hybridized carbons (Fsp3) is 0.333. The van der Waals surface area contributed by atoms with Gasteiger partial charge >= 0.3 is 5.97 Å². The summed E-state index contributed by atoms with van der Waals surface area (Å²) in [6, 6.07) is 0. The normalized spacial score (nSPS) is 14.3. The maximum absolute atomic E-state index is 11.1. The summed E-state index contributed by atoms with van der Waals surface area (Å²) in [4.78, 5) is 15.0. The first-order valence-corrected chi connectivity index (χ1v) is 4.72. The van der Waals surface area contributed by atoms with E-state index in [0.717, 1.165) is 0 Å². The molecule has 0 bridgehead atoms. The van der Waals surface area contributed by atoms with Crippen LogP contribution in [0.1, 0.15) is 12.1 Å². The first-order valence-electron chi connectivity index (χ1n) is 3.78. The molecule has 1 aromatic rings. The van der Waals surface area contributed by atoms with Gasteiger partial charge in [0.15, 0.2) is 0 Å². The van der Waals surface area contributed by atoms with Gasteiger partial charge in [0.2, 0.25) is 5.60 Å². The first-order chi connectivity index (χ1) is 6.67. The number of thiazole rings is 1. The molecule has 1 unspecified atom stereocenters. The monoisotopic (exact) mass is 211 g/mol. The van der Waals surface area contributed by atoms with Crippen molar-refractivity contribution >= 4 is 17.3 Å². The fourth-order valence-electron chi connectivity index (χ4n) is 1.10. The highest BCUT2D eigenvalue weighted by Crippen LogP contribution is 2.28. The van der Waals surface area contributed by atoms with Gasteiger partial charge in [0.1, 0.15) is 0 Å². The summed E-state index contributed by atoms with van der Waals surface area (Å²) in [7, 11) is 1.31. The second kappa shape index (κ2) is 4.22. The largest absolute Gasteiger partial charge is 0.479 e.